The van der Waals surface area contributed by atoms with E-state index in [1.807, 2.05) is 38.2 Å². The lowest BCUT2D eigenvalue weighted by Crippen LogP contribution is -2.53. The molecule has 10 heteroatoms. The first-order valence-corrected chi connectivity index (χ1v) is 14.0. The maximum absolute atomic E-state index is 13.7. The van der Waals surface area contributed by atoms with E-state index in [1.165, 1.54) is 12.1 Å². The molecular weight excluding hydrogens is 535 g/mol. The Balaban J connectivity index is 1.33. The van der Waals surface area contributed by atoms with Gasteiger partial charge in [0.15, 0.2) is 0 Å². The highest BCUT2D eigenvalue weighted by Gasteiger charge is 2.32. The first-order valence-electron chi connectivity index (χ1n) is 14.0. The summed E-state index contributed by atoms with van der Waals surface area (Å²) in [4.78, 5) is 24.1. The summed E-state index contributed by atoms with van der Waals surface area (Å²) in [5, 5.41) is 17.8. The van der Waals surface area contributed by atoms with Crippen molar-refractivity contribution in [2.45, 2.75) is 51.7 Å². The summed E-state index contributed by atoms with van der Waals surface area (Å²) in [6.07, 6.45) is 8.61. The van der Waals surface area contributed by atoms with Crippen LogP contribution in [0.2, 0.25) is 0 Å². The van der Waals surface area contributed by atoms with Gasteiger partial charge in [-0.05, 0) is 76.4 Å². The second-order valence-electron chi connectivity index (χ2n) is 11.8. The minimum atomic E-state index is -0.978. The Hall–Kier alpha value is -4.31. The van der Waals surface area contributed by atoms with E-state index < -0.39 is 17.0 Å². The topological polar surface area (TPSA) is 104 Å². The molecule has 0 unspecified atom stereocenters. The van der Waals surface area contributed by atoms with Gasteiger partial charge in [-0.15, -0.1) is 0 Å². The zero-order valence-corrected chi connectivity index (χ0v) is 24.7. The van der Waals surface area contributed by atoms with Crippen LogP contribution in [0.3, 0.4) is 0 Å². The molecule has 1 fully saturated rings. The number of aliphatic hydroxyl groups is 1. The molecule has 9 nitrogen and oxygen atoms in total. The minimum absolute atomic E-state index is 0.135. The highest BCUT2D eigenvalue weighted by Crippen LogP contribution is 2.32. The number of hydrogen-bond donors (Lipinski definition) is 2. The van der Waals surface area contributed by atoms with E-state index in [0.29, 0.717) is 11.3 Å². The number of nitrogens with one attached hydrogen (secondary N) is 1. The van der Waals surface area contributed by atoms with Crippen LogP contribution in [0.4, 0.5) is 10.2 Å². The lowest BCUT2D eigenvalue weighted by molar-refractivity contribution is 0.0283. The van der Waals surface area contributed by atoms with Gasteiger partial charge in [-0.25, -0.2) is 13.9 Å². The van der Waals surface area contributed by atoms with E-state index in [-0.39, 0.29) is 12.5 Å². The van der Waals surface area contributed by atoms with Gasteiger partial charge in [-0.3, -0.25) is 9.79 Å². The van der Waals surface area contributed by atoms with Gasteiger partial charge >= 0.3 is 0 Å². The number of fused-ring (bicyclic) bond motifs is 1. The van der Waals surface area contributed by atoms with E-state index in [2.05, 4.69) is 20.3 Å². The summed E-state index contributed by atoms with van der Waals surface area (Å²) in [5.41, 5.74) is 3.26. The number of anilines is 1. The number of ether oxygens (including phenoxy) is 1. The Kier molecular flexibility index (Phi) is 8.01. The standard InChI is InChI=1S/C32H37FN6O3/c1-21-6-8-24(33)14-26(21)30(40)37-32(4)10-12-38(13-11-32)28-9-7-22(17-35-28)27-15-25(42-20-31(2,3)41)19-39-29(27)23(16-34-5)18-36-39/h6-9,14-19,41H,10-13,20H2,1-5H3,(H,37,40). The average molecular weight is 573 g/mol. The van der Waals surface area contributed by atoms with E-state index in [4.69, 9.17) is 9.72 Å². The Bertz CT molecular complexity index is 1620. The number of nitrogens with zero attached hydrogens (tertiary/aromatic N) is 5. The van der Waals surface area contributed by atoms with Crippen LogP contribution in [-0.4, -0.2) is 69.7 Å². The summed E-state index contributed by atoms with van der Waals surface area (Å²) >= 11 is 0. The molecule has 1 aliphatic rings. The zero-order valence-electron chi connectivity index (χ0n) is 24.7. The summed E-state index contributed by atoms with van der Waals surface area (Å²) < 4.78 is 21.4. The molecule has 1 amide bonds. The van der Waals surface area contributed by atoms with Gasteiger partial charge in [0.25, 0.3) is 5.91 Å². The molecule has 0 saturated carbocycles. The van der Waals surface area contributed by atoms with Gasteiger partial charge in [0.05, 0.1) is 23.5 Å². The summed E-state index contributed by atoms with van der Waals surface area (Å²) in [7, 11) is 1.72. The van der Waals surface area contributed by atoms with Gasteiger partial charge in [-0.2, -0.15) is 5.10 Å². The first kappa shape index (κ1) is 29.2. The van der Waals surface area contributed by atoms with Gasteiger partial charge in [0.2, 0.25) is 0 Å². The fourth-order valence-corrected chi connectivity index (χ4v) is 5.18. The number of halogens is 1. The van der Waals surface area contributed by atoms with Crippen LogP contribution in [0.5, 0.6) is 5.75 Å². The SMILES string of the molecule is CN=Cc1cnn2cc(OCC(C)(C)O)cc(-c3ccc(N4CCC(C)(NC(=O)c5cc(F)ccc5C)CC4)nc3)c12. The lowest BCUT2D eigenvalue weighted by Gasteiger charge is -2.40. The highest BCUT2D eigenvalue weighted by atomic mass is 19.1. The molecule has 1 saturated heterocycles. The number of aromatic nitrogens is 3. The largest absolute Gasteiger partial charge is 0.489 e. The fourth-order valence-electron chi connectivity index (χ4n) is 5.18. The van der Waals surface area contributed by atoms with E-state index in [9.17, 15) is 14.3 Å². The van der Waals surface area contributed by atoms with Crippen molar-refractivity contribution in [1.29, 1.82) is 0 Å². The van der Waals surface area contributed by atoms with E-state index in [1.54, 1.807) is 50.1 Å². The van der Waals surface area contributed by atoms with Crippen molar-refractivity contribution >= 4 is 23.5 Å². The number of carbonyl (C=O) groups excluding carboxylic acids is 1. The summed E-state index contributed by atoms with van der Waals surface area (Å²) in [5.74, 6) is 0.759. The fraction of sp³-hybridized carbons (Fsp3) is 0.375. The number of hydrogen-bond acceptors (Lipinski definition) is 7. The maximum atomic E-state index is 13.7. The molecule has 3 aromatic heterocycles. The number of carbonyl (C=O) groups is 1. The van der Waals surface area contributed by atoms with Crippen molar-refractivity contribution in [3.05, 3.63) is 77.5 Å². The predicted octanol–water partition coefficient (Wildman–Crippen LogP) is 4.83. The van der Waals surface area contributed by atoms with Gasteiger partial charge in [0, 0.05) is 60.3 Å². The molecule has 42 heavy (non-hydrogen) atoms. The van der Waals surface area contributed by atoms with Crippen LogP contribution in [0, 0.1) is 12.7 Å². The van der Waals surface area contributed by atoms with Crippen molar-refractivity contribution < 1.29 is 19.0 Å². The second-order valence-corrected chi connectivity index (χ2v) is 11.8. The van der Waals surface area contributed by atoms with Crippen LogP contribution in [0.15, 0.2) is 60.0 Å². The van der Waals surface area contributed by atoms with Crippen LogP contribution >= 0.6 is 0 Å². The minimum Gasteiger partial charge on any atom is -0.489 e. The molecule has 1 aromatic carbocycles. The number of piperidine rings is 1. The highest BCUT2D eigenvalue weighted by molar-refractivity contribution is 5.97. The number of aryl methyl sites for hydroxylation is 1. The molecule has 4 aromatic rings. The van der Waals surface area contributed by atoms with Gasteiger partial charge in [-0.1, -0.05) is 6.07 Å². The van der Waals surface area contributed by atoms with Crippen LogP contribution in [0.25, 0.3) is 16.6 Å². The maximum Gasteiger partial charge on any atom is 0.252 e. The monoisotopic (exact) mass is 572 g/mol. The predicted molar refractivity (Wildman–Crippen MR) is 162 cm³/mol. The number of aliphatic imine (C=N–C) groups is 1. The van der Waals surface area contributed by atoms with Crippen molar-refractivity contribution in [3.63, 3.8) is 0 Å². The number of pyridine rings is 2. The molecule has 2 N–H and O–H groups in total. The molecule has 220 valence electrons. The van der Waals surface area contributed by atoms with Crippen molar-refractivity contribution in [3.8, 4) is 16.9 Å². The van der Waals surface area contributed by atoms with Crippen molar-refractivity contribution in [2.75, 3.05) is 31.6 Å². The second kappa shape index (κ2) is 11.5. The molecule has 0 atom stereocenters. The van der Waals surface area contributed by atoms with Gasteiger partial charge < -0.3 is 20.1 Å². The molecule has 0 bridgehead atoms. The van der Waals surface area contributed by atoms with E-state index in [0.717, 1.165) is 59.5 Å². The molecule has 1 aliphatic heterocycles. The third-order valence-corrected chi connectivity index (χ3v) is 7.58. The molecule has 4 heterocycles. The van der Waals surface area contributed by atoms with Gasteiger partial charge in [0.1, 0.15) is 24.0 Å². The Labute approximate surface area is 245 Å². The van der Waals surface area contributed by atoms with Crippen molar-refractivity contribution in [1.82, 2.24) is 19.9 Å². The number of amides is 1. The third-order valence-electron chi connectivity index (χ3n) is 7.58. The number of rotatable bonds is 8. The van der Waals surface area contributed by atoms with Crippen molar-refractivity contribution in [2.24, 2.45) is 4.99 Å². The lowest BCUT2D eigenvalue weighted by atomic mass is 9.89. The zero-order chi connectivity index (χ0) is 30.1. The summed E-state index contributed by atoms with van der Waals surface area (Å²) in [6, 6.07) is 10.2. The third kappa shape index (κ3) is 6.44. The Morgan fingerprint density at radius 1 is 1.21 bits per heavy atom. The normalized spacial score (nSPS) is 15.4. The quantitative estimate of drug-likeness (QED) is 0.293. The molecule has 0 radical (unpaired) electrons. The smallest absolute Gasteiger partial charge is 0.252 e. The van der Waals surface area contributed by atoms with Crippen LogP contribution < -0.4 is 15.0 Å². The van der Waals surface area contributed by atoms with Crippen LogP contribution in [-0.2, 0) is 0 Å². The molecule has 5 rings (SSSR count). The Morgan fingerprint density at radius 3 is 2.64 bits per heavy atom. The van der Waals surface area contributed by atoms with E-state index >= 15 is 0 Å². The average Bonchev–Trinajstić information content (AvgIpc) is 3.35. The Morgan fingerprint density at radius 2 is 1.98 bits per heavy atom. The van der Waals surface area contributed by atoms with Crippen LogP contribution in [0.1, 0.15) is 55.1 Å². The number of benzene rings is 1. The first-order chi connectivity index (χ1) is 19.9. The molecule has 0 spiro atoms. The molecule has 0 aliphatic carbocycles. The summed E-state index contributed by atoms with van der Waals surface area (Å²) in [6.45, 7) is 8.81. The molecular formula is C32H37FN6O3.